The van der Waals surface area contributed by atoms with Gasteiger partial charge in [0.1, 0.15) is 11.0 Å². The number of hydrogen-bond donors (Lipinski definition) is 0. The standard InChI is InChI=1S/C46H29N3O2/c1-2-8-33-27-34(14-13-30(33)7-1)35-15-16-37-29-40(26-21-36(37)28-35)49(38-22-17-31(18-23-38)45-47-41-9-3-5-11-43(41)50-45)39-24-19-32(20-25-39)46-48-42-10-4-6-12-44(42)51-46/h1-29H/i15D,16D,21D,26D,28D,29D. The number of fused-ring (bicyclic) bond motifs is 4. The molecule has 0 saturated heterocycles. The van der Waals surface area contributed by atoms with Gasteiger partial charge in [-0.05, 0) is 130 Å². The van der Waals surface area contributed by atoms with Crippen LogP contribution in [-0.2, 0) is 0 Å². The first-order valence-electron chi connectivity index (χ1n) is 19.5. The van der Waals surface area contributed by atoms with Crippen LogP contribution in [0.2, 0.25) is 0 Å². The molecule has 0 aliphatic rings. The highest BCUT2D eigenvalue weighted by atomic mass is 16.4. The number of benzene rings is 8. The average Bonchev–Trinajstić information content (AvgIpc) is 3.88. The van der Waals surface area contributed by atoms with Gasteiger partial charge in [0.25, 0.3) is 0 Å². The van der Waals surface area contributed by atoms with Crippen molar-refractivity contribution in [2.45, 2.75) is 0 Å². The van der Waals surface area contributed by atoms with Gasteiger partial charge in [0.2, 0.25) is 11.8 Å². The Hall–Kier alpha value is -6.98. The Labute approximate surface area is 302 Å². The summed E-state index contributed by atoms with van der Waals surface area (Å²) in [6.07, 6.45) is 0. The highest BCUT2D eigenvalue weighted by molar-refractivity contribution is 5.94. The van der Waals surface area contributed by atoms with Gasteiger partial charge in [0.15, 0.2) is 11.2 Å². The maximum atomic E-state index is 9.62. The number of nitrogens with zero attached hydrogens (tertiary/aromatic N) is 3. The summed E-state index contributed by atoms with van der Waals surface area (Å²) in [5.41, 5.74) is 6.08. The van der Waals surface area contributed by atoms with Crippen LogP contribution in [0, 0.1) is 0 Å². The van der Waals surface area contributed by atoms with Crippen LogP contribution >= 0.6 is 0 Å². The van der Waals surface area contributed by atoms with E-state index < -0.39 is 0 Å². The predicted octanol–water partition coefficient (Wildman–Crippen LogP) is 12.7. The van der Waals surface area contributed by atoms with Gasteiger partial charge in [-0.2, -0.15) is 0 Å². The summed E-state index contributed by atoms with van der Waals surface area (Å²) in [6, 6.07) is 41.4. The summed E-state index contributed by atoms with van der Waals surface area (Å²) in [5, 5.41) is 1.84. The number of para-hydroxylation sites is 4. The first kappa shape index (κ1) is 23.4. The van der Waals surface area contributed by atoms with Crippen LogP contribution in [0.15, 0.2) is 185 Å². The second-order valence-electron chi connectivity index (χ2n) is 12.2. The fourth-order valence-corrected chi connectivity index (χ4v) is 6.37. The van der Waals surface area contributed by atoms with Gasteiger partial charge in [0.05, 0.1) is 8.22 Å². The molecule has 0 bridgehead atoms. The minimum absolute atomic E-state index is 0.0181. The number of aromatic nitrogens is 2. The second-order valence-corrected chi connectivity index (χ2v) is 12.2. The second kappa shape index (κ2) is 11.9. The zero-order valence-electron chi connectivity index (χ0n) is 32.9. The van der Waals surface area contributed by atoms with Crippen molar-refractivity contribution in [1.82, 2.24) is 9.97 Å². The third-order valence-corrected chi connectivity index (χ3v) is 8.96. The molecule has 0 fully saturated rings. The molecular weight excluding hydrogens is 627 g/mol. The van der Waals surface area contributed by atoms with Crippen LogP contribution in [0.5, 0.6) is 0 Å². The summed E-state index contributed by atoms with van der Waals surface area (Å²) in [7, 11) is 0. The molecule has 0 aliphatic heterocycles. The summed E-state index contributed by atoms with van der Waals surface area (Å²) in [6.45, 7) is 0. The SMILES string of the molecule is [2H]c1c(N(c2ccc(-c3nc4ccccc4o3)cc2)c2ccc(-c3nc4ccccc4o3)cc2)c([2H])c2c([2H])c([2H])c(-c3ccc4ccccc4c3)c([2H])c2c1[2H]. The van der Waals surface area contributed by atoms with Crippen LogP contribution in [-0.4, -0.2) is 9.97 Å². The van der Waals surface area contributed by atoms with Gasteiger partial charge < -0.3 is 13.7 Å². The summed E-state index contributed by atoms with van der Waals surface area (Å²) >= 11 is 0. The van der Waals surface area contributed by atoms with E-state index >= 15 is 0 Å². The van der Waals surface area contributed by atoms with Crippen molar-refractivity contribution in [3.63, 3.8) is 0 Å². The number of anilines is 3. The first-order chi connectivity index (χ1) is 27.7. The number of rotatable bonds is 6. The zero-order valence-corrected chi connectivity index (χ0v) is 26.9. The number of oxazole rings is 2. The topological polar surface area (TPSA) is 55.3 Å². The predicted molar refractivity (Wildman–Crippen MR) is 208 cm³/mol. The Morgan fingerprint density at radius 3 is 1.57 bits per heavy atom. The molecule has 2 heterocycles. The third kappa shape index (κ3) is 5.29. The van der Waals surface area contributed by atoms with E-state index in [1.165, 1.54) is 0 Å². The molecule has 0 atom stereocenters. The molecule has 0 spiro atoms. The zero-order chi connectivity index (χ0) is 38.9. The van der Waals surface area contributed by atoms with Crippen molar-refractivity contribution in [1.29, 1.82) is 0 Å². The van der Waals surface area contributed by atoms with Crippen molar-refractivity contribution < 1.29 is 17.1 Å². The first-order valence-corrected chi connectivity index (χ1v) is 16.5. The summed E-state index contributed by atoms with van der Waals surface area (Å²) in [5.74, 6) is 0.871. The lowest BCUT2D eigenvalue weighted by Gasteiger charge is -2.26. The van der Waals surface area contributed by atoms with Crippen LogP contribution in [0.3, 0.4) is 0 Å². The maximum Gasteiger partial charge on any atom is 0.227 e. The average molecular weight is 662 g/mol. The van der Waals surface area contributed by atoms with E-state index in [2.05, 4.69) is 9.97 Å². The molecule has 5 heteroatoms. The Bertz CT molecular complexity index is 3030. The normalized spacial score (nSPS) is 13.2. The molecule has 0 unspecified atom stereocenters. The lowest BCUT2D eigenvalue weighted by Crippen LogP contribution is -2.09. The van der Waals surface area contributed by atoms with E-state index in [1.54, 1.807) is 11.0 Å². The molecule has 10 rings (SSSR count). The fraction of sp³-hybridized carbons (Fsp3) is 0. The lowest BCUT2D eigenvalue weighted by atomic mass is 9.98. The highest BCUT2D eigenvalue weighted by Crippen LogP contribution is 2.39. The van der Waals surface area contributed by atoms with Crippen LogP contribution in [0.1, 0.15) is 8.22 Å². The monoisotopic (exact) mass is 661 g/mol. The van der Waals surface area contributed by atoms with Crippen molar-refractivity contribution in [3.05, 3.63) is 176 Å². The van der Waals surface area contributed by atoms with E-state index in [4.69, 9.17) is 10.2 Å². The van der Waals surface area contributed by atoms with Crippen LogP contribution in [0.25, 0.3) is 77.8 Å². The smallest absolute Gasteiger partial charge is 0.227 e. The number of hydrogen-bond acceptors (Lipinski definition) is 5. The Kier molecular flexibility index (Phi) is 5.44. The van der Waals surface area contributed by atoms with E-state index in [1.807, 2.05) is 133 Å². The molecule has 0 saturated carbocycles. The van der Waals surface area contributed by atoms with Gasteiger partial charge in [-0.25, -0.2) is 9.97 Å². The van der Waals surface area contributed by atoms with Gasteiger partial charge in [-0.15, -0.1) is 0 Å². The van der Waals surface area contributed by atoms with Crippen molar-refractivity contribution in [2.24, 2.45) is 0 Å². The van der Waals surface area contributed by atoms with E-state index in [0.717, 1.165) is 21.8 Å². The third-order valence-electron chi connectivity index (χ3n) is 8.96. The minimum Gasteiger partial charge on any atom is -0.436 e. The van der Waals surface area contributed by atoms with Crippen LogP contribution < -0.4 is 4.90 Å². The van der Waals surface area contributed by atoms with Gasteiger partial charge >= 0.3 is 0 Å². The van der Waals surface area contributed by atoms with Gasteiger partial charge in [-0.3, -0.25) is 0 Å². The minimum atomic E-state index is -0.312. The molecule has 2 aromatic heterocycles. The summed E-state index contributed by atoms with van der Waals surface area (Å²) < 4.78 is 68.1. The molecular formula is C46H29N3O2. The molecule has 5 nitrogen and oxygen atoms in total. The largest absolute Gasteiger partial charge is 0.436 e. The molecule has 0 radical (unpaired) electrons. The van der Waals surface area contributed by atoms with Gasteiger partial charge in [0, 0.05) is 28.2 Å². The molecule has 0 N–H and O–H groups in total. The van der Waals surface area contributed by atoms with E-state index in [9.17, 15) is 6.85 Å². The van der Waals surface area contributed by atoms with Crippen molar-refractivity contribution >= 4 is 60.8 Å². The Morgan fingerprint density at radius 1 is 0.412 bits per heavy atom. The van der Waals surface area contributed by atoms with Crippen LogP contribution in [0.4, 0.5) is 17.1 Å². The Morgan fingerprint density at radius 2 is 0.941 bits per heavy atom. The van der Waals surface area contributed by atoms with Crippen molar-refractivity contribution in [3.8, 4) is 34.0 Å². The molecule has 10 aromatic rings. The van der Waals surface area contributed by atoms with Gasteiger partial charge in [-0.1, -0.05) is 78.8 Å². The summed E-state index contributed by atoms with van der Waals surface area (Å²) in [4.78, 5) is 11.0. The molecule has 51 heavy (non-hydrogen) atoms. The molecule has 0 aliphatic carbocycles. The maximum absolute atomic E-state index is 9.62. The Balaban J connectivity index is 1.15. The van der Waals surface area contributed by atoms with E-state index in [-0.39, 0.29) is 58.3 Å². The lowest BCUT2D eigenvalue weighted by molar-refractivity contribution is 0.619. The molecule has 8 aromatic carbocycles. The molecule has 0 amide bonds. The van der Waals surface area contributed by atoms with E-state index in [0.29, 0.717) is 51.0 Å². The molecule has 240 valence electrons. The quantitative estimate of drug-likeness (QED) is 0.177. The highest BCUT2D eigenvalue weighted by Gasteiger charge is 2.16. The van der Waals surface area contributed by atoms with Crippen molar-refractivity contribution in [2.75, 3.05) is 4.90 Å². The fourth-order valence-electron chi connectivity index (χ4n) is 6.37.